The molecule has 1 atom stereocenters. The normalized spacial score (nSPS) is 19.4. The van der Waals surface area contributed by atoms with Gasteiger partial charge >= 0.3 is 12.3 Å². The zero-order valence-electron chi connectivity index (χ0n) is 10.5. The first kappa shape index (κ1) is 15.6. The van der Waals surface area contributed by atoms with Crippen molar-refractivity contribution in [2.45, 2.75) is 31.2 Å². The second kappa shape index (κ2) is 6.30. The number of halogens is 5. The van der Waals surface area contributed by atoms with Crippen molar-refractivity contribution in [2.75, 3.05) is 13.2 Å². The number of nitrogens with one attached hydrogen (secondary N) is 1. The molecule has 1 N–H and O–H groups in total. The monoisotopic (exact) mass is 355 g/mol. The lowest BCUT2D eigenvalue weighted by Crippen LogP contribution is -2.40. The van der Waals surface area contributed by atoms with Gasteiger partial charge in [-0.15, -0.1) is 0 Å². The molecule has 1 aliphatic rings. The molecule has 1 aromatic carbocycles. The Morgan fingerprint density at radius 1 is 1.40 bits per heavy atom. The molecule has 1 aromatic rings. The topological polar surface area (TPSA) is 21.3 Å². The second-order valence-electron chi connectivity index (χ2n) is 4.67. The van der Waals surface area contributed by atoms with E-state index in [4.69, 9.17) is 4.74 Å². The van der Waals surface area contributed by atoms with Crippen molar-refractivity contribution in [1.82, 2.24) is 5.32 Å². The van der Waals surface area contributed by atoms with Crippen molar-refractivity contribution in [3.63, 3.8) is 0 Å². The number of benzene rings is 1. The van der Waals surface area contributed by atoms with Gasteiger partial charge in [0.05, 0.1) is 13.2 Å². The molecule has 2 nitrogen and oxygen atoms in total. The van der Waals surface area contributed by atoms with E-state index in [1.807, 2.05) is 0 Å². The minimum absolute atomic E-state index is 0.412. The lowest BCUT2D eigenvalue weighted by atomic mass is 10.0. The van der Waals surface area contributed by atoms with Crippen LogP contribution in [-0.4, -0.2) is 25.5 Å². The lowest BCUT2D eigenvalue weighted by molar-refractivity contribution is -0.126. The zero-order chi connectivity index (χ0) is 14.8. The molecule has 112 valence electrons. The Morgan fingerprint density at radius 3 is 2.85 bits per heavy atom. The number of fused-ring (bicyclic) bond motifs is 1. The van der Waals surface area contributed by atoms with Gasteiger partial charge in [-0.05, 0) is 25.0 Å². The quantitative estimate of drug-likeness (QED) is 0.819. The maximum absolute atomic E-state index is 13.0. The van der Waals surface area contributed by atoms with Crippen molar-refractivity contribution in [1.29, 1.82) is 0 Å². The van der Waals surface area contributed by atoms with E-state index >= 15 is 0 Å². The standard InChI is InChI=1S/C13H14BrF4NO/c14-8-3-4-9-10(2-1-5-20-11(9)6-8)19-7-13(17,18)12(15)16/h3-4,6,10,12,19H,1-2,5,7H2. The Morgan fingerprint density at radius 2 is 2.15 bits per heavy atom. The summed E-state index contributed by atoms with van der Waals surface area (Å²) in [7, 11) is 0. The van der Waals surface area contributed by atoms with Gasteiger partial charge in [0, 0.05) is 16.1 Å². The van der Waals surface area contributed by atoms with Gasteiger partial charge in [0.1, 0.15) is 5.75 Å². The van der Waals surface area contributed by atoms with Gasteiger partial charge in [-0.2, -0.15) is 8.78 Å². The first-order chi connectivity index (χ1) is 9.40. The summed E-state index contributed by atoms with van der Waals surface area (Å²) in [5.74, 6) is -3.43. The average molecular weight is 356 g/mol. The van der Waals surface area contributed by atoms with Gasteiger partial charge in [0.25, 0.3) is 0 Å². The van der Waals surface area contributed by atoms with E-state index < -0.39 is 24.9 Å². The molecular formula is C13H14BrF4NO. The largest absolute Gasteiger partial charge is 0.493 e. The van der Waals surface area contributed by atoms with Crippen LogP contribution >= 0.6 is 15.9 Å². The third-order valence-electron chi connectivity index (χ3n) is 3.15. The third kappa shape index (κ3) is 3.63. The molecule has 20 heavy (non-hydrogen) atoms. The van der Waals surface area contributed by atoms with Crippen molar-refractivity contribution in [2.24, 2.45) is 0 Å². The molecule has 1 heterocycles. The fourth-order valence-electron chi connectivity index (χ4n) is 2.09. The Kier molecular flexibility index (Phi) is 4.90. The van der Waals surface area contributed by atoms with Gasteiger partial charge < -0.3 is 10.1 Å². The zero-order valence-corrected chi connectivity index (χ0v) is 12.1. The highest BCUT2D eigenvalue weighted by Gasteiger charge is 2.41. The summed E-state index contributed by atoms with van der Waals surface area (Å²) in [5, 5.41) is 2.53. The van der Waals surface area contributed by atoms with Crippen molar-refractivity contribution in [3.05, 3.63) is 28.2 Å². The van der Waals surface area contributed by atoms with Crippen LogP contribution in [0.1, 0.15) is 24.4 Å². The highest BCUT2D eigenvalue weighted by molar-refractivity contribution is 9.10. The smallest absolute Gasteiger partial charge is 0.319 e. The Bertz CT molecular complexity index is 470. The molecule has 0 saturated carbocycles. The van der Waals surface area contributed by atoms with Crippen molar-refractivity contribution in [3.8, 4) is 5.75 Å². The Balaban J connectivity index is 2.13. The number of rotatable bonds is 4. The van der Waals surface area contributed by atoms with Crippen LogP contribution in [0.25, 0.3) is 0 Å². The molecule has 0 spiro atoms. The van der Waals surface area contributed by atoms with Crippen LogP contribution in [0.3, 0.4) is 0 Å². The van der Waals surface area contributed by atoms with E-state index in [0.29, 0.717) is 25.2 Å². The van der Waals surface area contributed by atoms with Gasteiger partial charge in [0.15, 0.2) is 0 Å². The van der Waals surface area contributed by atoms with Crippen LogP contribution < -0.4 is 10.1 Å². The average Bonchev–Trinajstić information content (AvgIpc) is 2.58. The van der Waals surface area contributed by atoms with Crippen LogP contribution in [0, 0.1) is 0 Å². The lowest BCUT2D eigenvalue weighted by Gasteiger charge is -2.22. The fourth-order valence-corrected chi connectivity index (χ4v) is 2.43. The molecule has 1 unspecified atom stereocenters. The van der Waals surface area contributed by atoms with E-state index in [1.54, 1.807) is 18.2 Å². The molecule has 0 aliphatic carbocycles. The fraction of sp³-hybridized carbons (Fsp3) is 0.538. The van der Waals surface area contributed by atoms with Gasteiger partial charge in [-0.3, -0.25) is 0 Å². The SMILES string of the molecule is FC(F)C(F)(F)CNC1CCCOc2cc(Br)ccc21. The molecule has 0 bridgehead atoms. The molecule has 0 amide bonds. The number of hydrogen-bond donors (Lipinski definition) is 1. The van der Waals surface area contributed by atoms with E-state index in [2.05, 4.69) is 21.2 Å². The molecule has 0 aromatic heterocycles. The van der Waals surface area contributed by atoms with E-state index in [1.165, 1.54) is 0 Å². The highest BCUT2D eigenvalue weighted by Crippen LogP contribution is 2.34. The number of alkyl halides is 4. The van der Waals surface area contributed by atoms with Gasteiger partial charge in [-0.1, -0.05) is 22.0 Å². The maximum atomic E-state index is 13.0. The summed E-state index contributed by atoms with van der Waals surface area (Å²) >= 11 is 3.31. The highest BCUT2D eigenvalue weighted by atomic mass is 79.9. The van der Waals surface area contributed by atoms with Crippen molar-refractivity contribution >= 4 is 15.9 Å². The second-order valence-corrected chi connectivity index (χ2v) is 5.58. The van der Waals surface area contributed by atoms with Crippen LogP contribution in [0.4, 0.5) is 17.6 Å². The minimum Gasteiger partial charge on any atom is -0.493 e. The van der Waals surface area contributed by atoms with Crippen molar-refractivity contribution < 1.29 is 22.3 Å². The van der Waals surface area contributed by atoms with Gasteiger partial charge in [0.2, 0.25) is 0 Å². The summed E-state index contributed by atoms with van der Waals surface area (Å²) in [6, 6.07) is 4.86. The van der Waals surface area contributed by atoms with E-state index in [0.717, 1.165) is 10.0 Å². The molecule has 7 heteroatoms. The maximum Gasteiger partial charge on any atom is 0.319 e. The summed E-state index contributed by atoms with van der Waals surface area (Å²) in [6.07, 6.45) is -2.43. The Labute approximate surface area is 122 Å². The van der Waals surface area contributed by atoms with E-state index in [-0.39, 0.29) is 0 Å². The molecular weight excluding hydrogens is 342 g/mol. The van der Waals surface area contributed by atoms with Crippen LogP contribution in [0.15, 0.2) is 22.7 Å². The predicted molar refractivity (Wildman–Crippen MR) is 70.6 cm³/mol. The minimum atomic E-state index is -4.03. The number of hydrogen-bond acceptors (Lipinski definition) is 2. The third-order valence-corrected chi connectivity index (χ3v) is 3.64. The van der Waals surface area contributed by atoms with Crippen LogP contribution in [0.5, 0.6) is 5.75 Å². The molecule has 1 aliphatic heterocycles. The summed E-state index contributed by atoms with van der Waals surface area (Å²) in [6.45, 7) is -0.572. The molecule has 0 fully saturated rings. The summed E-state index contributed by atoms with van der Waals surface area (Å²) in [5.41, 5.74) is 0.718. The summed E-state index contributed by atoms with van der Waals surface area (Å²) < 4.78 is 56.7. The first-order valence-corrected chi connectivity index (χ1v) is 7.01. The van der Waals surface area contributed by atoms with Crippen LogP contribution in [0.2, 0.25) is 0 Å². The first-order valence-electron chi connectivity index (χ1n) is 6.22. The number of ether oxygens (including phenoxy) is 1. The predicted octanol–water partition coefficient (Wildman–Crippen LogP) is 4.15. The molecule has 0 saturated heterocycles. The van der Waals surface area contributed by atoms with Crippen LogP contribution in [-0.2, 0) is 0 Å². The molecule has 0 radical (unpaired) electrons. The summed E-state index contributed by atoms with van der Waals surface area (Å²) in [4.78, 5) is 0. The van der Waals surface area contributed by atoms with E-state index in [9.17, 15) is 17.6 Å². The van der Waals surface area contributed by atoms with Gasteiger partial charge in [-0.25, -0.2) is 8.78 Å². The Hall–Kier alpha value is -0.820. The molecule has 2 rings (SSSR count).